The number of fused-ring (bicyclic) bond motifs is 1. The largest absolute Gasteiger partial charge is 0.452 e. The first-order valence-corrected chi connectivity index (χ1v) is 4.84. The van der Waals surface area contributed by atoms with E-state index in [1.54, 1.807) is 7.05 Å². The van der Waals surface area contributed by atoms with Crippen molar-refractivity contribution in [3.8, 4) is 0 Å². The van der Waals surface area contributed by atoms with E-state index in [0.29, 0.717) is 5.52 Å². The van der Waals surface area contributed by atoms with Crippen molar-refractivity contribution in [3.63, 3.8) is 0 Å². The summed E-state index contributed by atoms with van der Waals surface area (Å²) in [5.41, 5.74) is 2.38. The van der Waals surface area contributed by atoms with Gasteiger partial charge in [0.25, 0.3) is 0 Å². The van der Waals surface area contributed by atoms with Crippen LogP contribution >= 0.6 is 0 Å². The van der Waals surface area contributed by atoms with Crippen molar-refractivity contribution in [2.75, 3.05) is 0 Å². The van der Waals surface area contributed by atoms with Gasteiger partial charge < -0.3 is 19.9 Å². The van der Waals surface area contributed by atoms with E-state index in [4.69, 9.17) is 5.21 Å². The Hall–Kier alpha value is -2.44. The summed E-state index contributed by atoms with van der Waals surface area (Å²) in [5, 5.41) is 22.0. The second kappa shape index (κ2) is 3.85. The van der Waals surface area contributed by atoms with Crippen LogP contribution in [0.4, 0.5) is 0 Å². The van der Waals surface area contributed by atoms with Crippen LogP contribution in [0.5, 0.6) is 0 Å². The minimum Gasteiger partial charge on any atom is -0.358 e. The summed E-state index contributed by atoms with van der Waals surface area (Å²) in [6.07, 6.45) is 0. The standard InChI is InChI=1S/C10H10N4O3/c1-6-3-4-8-7(5-6)11-9(13(8)2)10(12-15)14(16)17/h3-5,15H,1-2H3. The van der Waals surface area contributed by atoms with Gasteiger partial charge in [-0.1, -0.05) is 6.07 Å². The summed E-state index contributed by atoms with van der Waals surface area (Å²) in [4.78, 5) is 14.0. The SMILES string of the molecule is Cc1ccc2c(c1)nc(C(=NO)[N+](=O)[O-])n2C. The van der Waals surface area contributed by atoms with Gasteiger partial charge >= 0.3 is 5.84 Å². The molecule has 0 bridgehead atoms. The van der Waals surface area contributed by atoms with Crippen molar-refractivity contribution in [1.82, 2.24) is 9.55 Å². The van der Waals surface area contributed by atoms with Crippen LogP contribution in [-0.4, -0.2) is 25.5 Å². The van der Waals surface area contributed by atoms with Crippen LogP contribution in [0.3, 0.4) is 0 Å². The second-order valence-electron chi connectivity index (χ2n) is 3.67. The number of aromatic nitrogens is 2. The zero-order valence-corrected chi connectivity index (χ0v) is 9.28. The number of nitrogens with zero attached hydrogens (tertiary/aromatic N) is 4. The molecule has 1 N–H and O–H groups in total. The first-order valence-electron chi connectivity index (χ1n) is 4.84. The Morgan fingerprint density at radius 1 is 1.59 bits per heavy atom. The zero-order valence-electron chi connectivity index (χ0n) is 9.28. The molecular formula is C10H10N4O3. The Morgan fingerprint density at radius 2 is 2.29 bits per heavy atom. The molecule has 0 aliphatic rings. The summed E-state index contributed by atoms with van der Waals surface area (Å²) in [5.74, 6) is -0.639. The van der Waals surface area contributed by atoms with E-state index in [9.17, 15) is 10.1 Å². The fraction of sp³-hybridized carbons (Fsp3) is 0.200. The monoisotopic (exact) mass is 234 g/mol. The number of nitro groups is 1. The van der Waals surface area contributed by atoms with Gasteiger partial charge in [-0.05, 0) is 29.5 Å². The molecule has 0 radical (unpaired) electrons. The van der Waals surface area contributed by atoms with Crippen LogP contribution in [-0.2, 0) is 7.05 Å². The lowest BCUT2D eigenvalue weighted by atomic mass is 10.2. The quantitative estimate of drug-likeness (QED) is 0.264. The molecule has 7 nitrogen and oxygen atoms in total. The van der Waals surface area contributed by atoms with Gasteiger partial charge in [-0.3, -0.25) is 0 Å². The molecule has 0 saturated heterocycles. The molecule has 2 aromatic rings. The molecule has 17 heavy (non-hydrogen) atoms. The third kappa shape index (κ3) is 1.71. The van der Waals surface area contributed by atoms with Gasteiger partial charge in [-0.15, -0.1) is 0 Å². The number of imidazole rings is 1. The van der Waals surface area contributed by atoms with Crippen molar-refractivity contribution in [2.45, 2.75) is 6.92 Å². The predicted molar refractivity (Wildman–Crippen MR) is 60.8 cm³/mol. The second-order valence-corrected chi connectivity index (χ2v) is 3.67. The number of amidine groups is 1. The normalized spacial score (nSPS) is 12.0. The van der Waals surface area contributed by atoms with Crippen LogP contribution in [0.25, 0.3) is 11.0 Å². The molecule has 1 aromatic heterocycles. The van der Waals surface area contributed by atoms with Gasteiger partial charge in [0.15, 0.2) is 5.16 Å². The lowest BCUT2D eigenvalue weighted by Crippen LogP contribution is -2.18. The predicted octanol–water partition coefficient (Wildman–Crippen LogP) is 1.29. The van der Waals surface area contributed by atoms with Crippen molar-refractivity contribution in [3.05, 3.63) is 39.7 Å². The van der Waals surface area contributed by atoms with E-state index >= 15 is 0 Å². The van der Waals surface area contributed by atoms with Gasteiger partial charge in [0.05, 0.1) is 11.0 Å². The third-order valence-corrected chi connectivity index (χ3v) is 2.50. The number of rotatable bonds is 1. The summed E-state index contributed by atoms with van der Waals surface area (Å²) in [6.45, 7) is 1.91. The molecule has 0 amide bonds. The van der Waals surface area contributed by atoms with E-state index in [1.807, 2.05) is 25.1 Å². The Bertz CT molecular complexity index is 630. The maximum Gasteiger partial charge on any atom is 0.452 e. The number of oxime groups is 1. The topological polar surface area (TPSA) is 93.6 Å². The van der Waals surface area contributed by atoms with E-state index in [2.05, 4.69) is 10.1 Å². The fourth-order valence-corrected chi connectivity index (χ4v) is 1.67. The molecule has 0 spiro atoms. The fourth-order valence-electron chi connectivity index (χ4n) is 1.67. The Morgan fingerprint density at radius 3 is 2.88 bits per heavy atom. The van der Waals surface area contributed by atoms with Crippen molar-refractivity contribution < 1.29 is 10.1 Å². The molecule has 0 aliphatic heterocycles. The van der Waals surface area contributed by atoms with E-state index in [-0.39, 0.29) is 5.82 Å². The van der Waals surface area contributed by atoms with Gasteiger partial charge in [0.2, 0.25) is 5.82 Å². The van der Waals surface area contributed by atoms with Crippen molar-refractivity contribution in [2.24, 2.45) is 12.2 Å². The molecular weight excluding hydrogens is 224 g/mol. The smallest absolute Gasteiger partial charge is 0.358 e. The van der Waals surface area contributed by atoms with Crippen molar-refractivity contribution in [1.29, 1.82) is 0 Å². The zero-order chi connectivity index (χ0) is 12.6. The van der Waals surface area contributed by atoms with Crippen LogP contribution in [0, 0.1) is 17.0 Å². The van der Waals surface area contributed by atoms with Gasteiger partial charge in [0.1, 0.15) is 0 Å². The number of hydrogen-bond donors (Lipinski definition) is 1. The molecule has 0 atom stereocenters. The Labute approximate surface area is 96.1 Å². The first kappa shape index (κ1) is 11.1. The van der Waals surface area contributed by atoms with E-state index in [1.165, 1.54) is 4.57 Å². The first-order chi connectivity index (χ1) is 8.04. The molecule has 0 fully saturated rings. The van der Waals surface area contributed by atoms with E-state index < -0.39 is 10.8 Å². The third-order valence-electron chi connectivity index (χ3n) is 2.50. The highest BCUT2D eigenvalue weighted by atomic mass is 16.6. The van der Waals surface area contributed by atoms with Gasteiger partial charge in [-0.25, -0.2) is 4.98 Å². The maximum atomic E-state index is 10.7. The number of benzene rings is 1. The number of aryl methyl sites for hydroxylation is 2. The molecule has 0 unspecified atom stereocenters. The number of hydrogen-bond acceptors (Lipinski definition) is 5. The lowest BCUT2D eigenvalue weighted by Gasteiger charge is -1.98. The highest BCUT2D eigenvalue weighted by Crippen LogP contribution is 2.17. The summed E-state index contributed by atoms with van der Waals surface area (Å²) < 4.78 is 1.52. The maximum absolute atomic E-state index is 10.7. The molecule has 0 aliphatic carbocycles. The minimum atomic E-state index is -0.770. The Balaban J connectivity index is 2.71. The molecule has 7 heteroatoms. The lowest BCUT2D eigenvalue weighted by molar-refractivity contribution is -0.351. The average molecular weight is 234 g/mol. The Kier molecular flexibility index (Phi) is 2.51. The highest BCUT2D eigenvalue weighted by molar-refractivity contribution is 5.93. The molecule has 1 heterocycles. The summed E-state index contributed by atoms with van der Waals surface area (Å²) in [6, 6.07) is 5.51. The van der Waals surface area contributed by atoms with Gasteiger partial charge in [-0.2, -0.15) is 0 Å². The summed E-state index contributed by atoms with van der Waals surface area (Å²) >= 11 is 0. The molecule has 88 valence electrons. The van der Waals surface area contributed by atoms with Crippen LogP contribution in [0.1, 0.15) is 11.4 Å². The highest BCUT2D eigenvalue weighted by Gasteiger charge is 2.24. The minimum absolute atomic E-state index is 0.0260. The van der Waals surface area contributed by atoms with Crippen LogP contribution in [0.2, 0.25) is 0 Å². The summed E-state index contributed by atoms with van der Waals surface area (Å²) in [7, 11) is 1.63. The average Bonchev–Trinajstić information content (AvgIpc) is 2.56. The molecule has 2 rings (SSSR count). The van der Waals surface area contributed by atoms with Crippen LogP contribution < -0.4 is 0 Å². The van der Waals surface area contributed by atoms with Crippen molar-refractivity contribution >= 4 is 16.9 Å². The molecule has 0 saturated carbocycles. The van der Waals surface area contributed by atoms with Gasteiger partial charge in [0, 0.05) is 7.05 Å². The molecule has 1 aromatic carbocycles. The van der Waals surface area contributed by atoms with Crippen LogP contribution in [0.15, 0.2) is 23.4 Å². The van der Waals surface area contributed by atoms with E-state index in [0.717, 1.165) is 11.1 Å².